The van der Waals surface area contributed by atoms with Gasteiger partial charge in [0.1, 0.15) is 5.52 Å². The fourth-order valence-electron chi connectivity index (χ4n) is 2.42. The van der Waals surface area contributed by atoms with Crippen LogP contribution in [0.5, 0.6) is 0 Å². The van der Waals surface area contributed by atoms with Gasteiger partial charge >= 0.3 is 0 Å². The summed E-state index contributed by atoms with van der Waals surface area (Å²) in [5.74, 6) is 0.509. The van der Waals surface area contributed by atoms with E-state index < -0.39 is 0 Å². The number of methoxy groups -OCH3 is 1. The van der Waals surface area contributed by atoms with E-state index in [1.54, 1.807) is 7.11 Å². The second-order valence-electron chi connectivity index (χ2n) is 5.12. The van der Waals surface area contributed by atoms with Crippen molar-refractivity contribution < 1.29 is 4.74 Å². The number of nitrogen functional groups attached to an aromatic ring is 1. The lowest BCUT2D eigenvalue weighted by atomic mass is 10.1. The van der Waals surface area contributed by atoms with Gasteiger partial charge in [0.15, 0.2) is 5.65 Å². The van der Waals surface area contributed by atoms with E-state index in [0.717, 1.165) is 23.4 Å². The minimum atomic E-state index is -0.257. The summed E-state index contributed by atoms with van der Waals surface area (Å²) >= 11 is 0. The maximum absolute atomic E-state index is 6.06. The van der Waals surface area contributed by atoms with Gasteiger partial charge in [-0.25, -0.2) is 9.67 Å². The van der Waals surface area contributed by atoms with Crippen molar-refractivity contribution in [2.75, 3.05) is 19.5 Å². The fourth-order valence-corrected chi connectivity index (χ4v) is 2.42. The Balaban J connectivity index is 2.73. The van der Waals surface area contributed by atoms with Gasteiger partial charge in [0.05, 0.1) is 17.8 Å². The number of aromatic nitrogens is 4. The van der Waals surface area contributed by atoms with Gasteiger partial charge < -0.3 is 10.5 Å². The van der Waals surface area contributed by atoms with Crippen LogP contribution in [0.25, 0.3) is 11.2 Å². The van der Waals surface area contributed by atoms with Gasteiger partial charge in [-0.3, -0.25) is 4.57 Å². The van der Waals surface area contributed by atoms with Gasteiger partial charge in [0.2, 0.25) is 5.95 Å². The Labute approximate surface area is 107 Å². The number of anilines is 1. The molecule has 0 aliphatic rings. The van der Waals surface area contributed by atoms with Gasteiger partial charge in [-0.05, 0) is 27.7 Å². The third kappa shape index (κ3) is 1.77. The molecule has 0 unspecified atom stereocenters. The Bertz CT molecular complexity index is 567. The van der Waals surface area contributed by atoms with Crippen molar-refractivity contribution in [3.63, 3.8) is 0 Å². The van der Waals surface area contributed by atoms with Gasteiger partial charge in [0, 0.05) is 13.7 Å². The lowest BCUT2D eigenvalue weighted by molar-refractivity contribution is 0.112. The zero-order valence-corrected chi connectivity index (χ0v) is 11.7. The predicted octanol–water partition coefficient (Wildman–Crippen LogP) is 1.52. The first kappa shape index (κ1) is 12.9. The summed E-state index contributed by atoms with van der Waals surface area (Å²) in [4.78, 5) is 4.43. The topological polar surface area (TPSA) is 70.9 Å². The first-order valence-corrected chi connectivity index (χ1v) is 6.13. The molecule has 2 aromatic heterocycles. The number of rotatable bonds is 4. The van der Waals surface area contributed by atoms with Crippen molar-refractivity contribution >= 4 is 17.1 Å². The SMILES string of the molecule is CCn1nc(C)c2nc(N)n(C(C)(C)COC)c21. The first-order chi connectivity index (χ1) is 8.42. The number of hydrogen-bond acceptors (Lipinski definition) is 4. The number of aryl methyl sites for hydroxylation is 2. The molecule has 2 aromatic rings. The zero-order valence-electron chi connectivity index (χ0n) is 11.7. The lowest BCUT2D eigenvalue weighted by Crippen LogP contribution is -2.33. The predicted molar refractivity (Wildman–Crippen MR) is 71.5 cm³/mol. The molecule has 0 amide bonds. The van der Waals surface area contributed by atoms with E-state index in [0.29, 0.717) is 12.6 Å². The number of fused-ring (bicyclic) bond motifs is 1. The molecule has 0 aliphatic heterocycles. The van der Waals surface area contributed by atoms with E-state index >= 15 is 0 Å². The third-order valence-corrected chi connectivity index (χ3v) is 3.14. The second kappa shape index (κ2) is 4.28. The molecule has 0 saturated carbocycles. The Kier molecular flexibility index (Phi) is 3.06. The molecule has 6 heteroatoms. The van der Waals surface area contributed by atoms with Gasteiger partial charge in [-0.1, -0.05) is 0 Å². The minimum absolute atomic E-state index is 0.257. The number of hydrogen-bond donors (Lipinski definition) is 1. The van der Waals surface area contributed by atoms with Crippen LogP contribution in [0.15, 0.2) is 0 Å². The molecule has 0 aliphatic carbocycles. The molecule has 2 N–H and O–H groups in total. The van der Waals surface area contributed by atoms with Crippen LogP contribution >= 0.6 is 0 Å². The largest absolute Gasteiger partial charge is 0.382 e. The monoisotopic (exact) mass is 251 g/mol. The Morgan fingerprint density at radius 2 is 2.06 bits per heavy atom. The molecule has 2 rings (SSSR count). The quantitative estimate of drug-likeness (QED) is 0.894. The fraction of sp³-hybridized carbons (Fsp3) is 0.667. The number of nitrogens with two attached hydrogens (primary N) is 1. The van der Waals surface area contributed by atoms with Crippen LogP contribution in [0.2, 0.25) is 0 Å². The third-order valence-electron chi connectivity index (χ3n) is 3.14. The van der Waals surface area contributed by atoms with Crippen LogP contribution in [0.1, 0.15) is 26.5 Å². The highest BCUT2D eigenvalue weighted by molar-refractivity contribution is 5.78. The van der Waals surface area contributed by atoms with Crippen molar-refractivity contribution in [3.05, 3.63) is 5.69 Å². The molecule has 2 heterocycles. The smallest absolute Gasteiger partial charge is 0.203 e. The van der Waals surface area contributed by atoms with Crippen molar-refractivity contribution in [2.24, 2.45) is 0 Å². The van der Waals surface area contributed by atoms with Crippen molar-refractivity contribution in [2.45, 2.75) is 39.8 Å². The lowest BCUT2D eigenvalue weighted by Gasteiger charge is -2.27. The summed E-state index contributed by atoms with van der Waals surface area (Å²) in [6.45, 7) is 9.53. The molecule has 0 radical (unpaired) electrons. The normalized spacial score (nSPS) is 12.5. The average molecular weight is 251 g/mol. The van der Waals surface area contributed by atoms with Crippen molar-refractivity contribution in [1.82, 2.24) is 19.3 Å². The highest BCUT2D eigenvalue weighted by atomic mass is 16.5. The van der Waals surface area contributed by atoms with Crippen LogP contribution in [0.4, 0.5) is 5.95 Å². The molecular formula is C12H21N5O. The van der Waals surface area contributed by atoms with Gasteiger partial charge in [-0.15, -0.1) is 0 Å². The maximum atomic E-state index is 6.06. The van der Waals surface area contributed by atoms with Gasteiger partial charge in [-0.2, -0.15) is 5.10 Å². The summed E-state index contributed by atoms with van der Waals surface area (Å²) in [6, 6.07) is 0. The van der Waals surface area contributed by atoms with E-state index in [4.69, 9.17) is 10.5 Å². The van der Waals surface area contributed by atoms with E-state index in [9.17, 15) is 0 Å². The van der Waals surface area contributed by atoms with Crippen LogP contribution in [-0.4, -0.2) is 33.0 Å². The second-order valence-corrected chi connectivity index (χ2v) is 5.12. The van der Waals surface area contributed by atoms with Crippen LogP contribution in [0, 0.1) is 6.92 Å². The summed E-state index contributed by atoms with van der Waals surface area (Å²) in [5, 5.41) is 4.48. The molecular weight excluding hydrogens is 230 g/mol. The molecule has 0 spiro atoms. The van der Waals surface area contributed by atoms with E-state index in [-0.39, 0.29) is 5.54 Å². The first-order valence-electron chi connectivity index (χ1n) is 6.13. The van der Waals surface area contributed by atoms with Crippen LogP contribution in [-0.2, 0) is 16.8 Å². The van der Waals surface area contributed by atoms with Crippen molar-refractivity contribution in [3.8, 4) is 0 Å². The molecule has 0 atom stereocenters. The summed E-state index contributed by atoms with van der Waals surface area (Å²) in [7, 11) is 1.69. The van der Waals surface area contributed by atoms with Gasteiger partial charge in [0.25, 0.3) is 0 Å². The molecule has 0 saturated heterocycles. The number of nitrogens with zero attached hydrogens (tertiary/aromatic N) is 4. The van der Waals surface area contributed by atoms with Crippen LogP contribution < -0.4 is 5.73 Å². The standard InChI is InChI=1S/C12H21N5O/c1-6-16-10-9(8(2)15-16)14-11(13)17(10)12(3,4)7-18-5/h6-7H2,1-5H3,(H2,13,14). The molecule has 100 valence electrons. The Hall–Kier alpha value is -1.56. The molecule has 18 heavy (non-hydrogen) atoms. The van der Waals surface area contributed by atoms with E-state index in [2.05, 4.69) is 30.9 Å². The molecule has 0 fully saturated rings. The summed E-state index contributed by atoms with van der Waals surface area (Å²) < 4.78 is 9.23. The molecule has 0 bridgehead atoms. The minimum Gasteiger partial charge on any atom is -0.382 e. The maximum Gasteiger partial charge on any atom is 0.203 e. The van der Waals surface area contributed by atoms with E-state index in [1.165, 1.54) is 0 Å². The molecule has 6 nitrogen and oxygen atoms in total. The number of imidazole rings is 1. The van der Waals surface area contributed by atoms with Crippen molar-refractivity contribution in [1.29, 1.82) is 0 Å². The van der Waals surface area contributed by atoms with E-state index in [1.807, 2.05) is 16.2 Å². The highest BCUT2D eigenvalue weighted by Gasteiger charge is 2.28. The number of ether oxygens (including phenoxy) is 1. The molecule has 0 aromatic carbocycles. The Morgan fingerprint density at radius 3 is 2.61 bits per heavy atom. The zero-order chi connectivity index (χ0) is 13.5. The Morgan fingerprint density at radius 1 is 1.39 bits per heavy atom. The summed E-state index contributed by atoms with van der Waals surface area (Å²) in [6.07, 6.45) is 0. The highest BCUT2D eigenvalue weighted by Crippen LogP contribution is 2.28. The average Bonchev–Trinajstić information content (AvgIpc) is 2.76. The summed E-state index contributed by atoms with van der Waals surface area (Å²) in [5.41, 5.74) is 8.55. The van der Waals surface area contributed by atoms with Crippen LogP contribution in [0.3, 0.4) is 0 Å².